The number of aromatic nitrogens is 2. The van der Waals surface area contributed by atoms with E-state index in [1.807, 2.05) is 60.7 Å². The highest BCUT2D eigenvalue weighted by molar-refractivity contribution is 9.10. The van der Waals surface area contributed by atoms with Gasteiger partial charge in [-0.3, -0.25) is 4.79 Å². The van der Waals surface area contributed by atoms with Gasteiger partial charge in [-0.25, -0.2) is 9.98 Å². The molecule has 2 aromatic heterocycles. The van der Waals surface area contributed by atoms with Gasteiger partial charge in [-0.2, -0.15) is 0 Å². The molecule has 0 atom stereocenters. The number of carbonyl (C=O) groups excluding carboxylic acids is 1. The van der Waals surface area contributed by atoms with Gasteiger partial charge in [-0.05, 0) is 72.1 Å². The molecule has 0 bridgehead atoms. The smallest absolute Gasteiger partial charge is 0.264 e. The Morgan fingerprint density at radius 2 is 1.93 bits per heavy atom. The summed E-state index contributed by atoms with van der Waals surface area (Å²) >= 11 is 6.08. The molecule has 3 heterocycles. The second-order valence-electron chi connectivity index (χ2n) is 6.28. The number of nitrogens with zero attached hydrogens (tertiary/aromatic N) is 2. The minimum atomic E-state index is -0.196. The van der Waals surface area contributed by atoms with Crippen molar-refractivity contribution in [1.82, 2.24) is 15.3 Å². The number of rotatable bonds is 4. The molecule has 1 saturated heterocycles. The number of para-hydroxylation sites is 2. The number of halogens is 1. The molecule has 0 aliphatic carbocycles. The molecule has 30 heavy (non-hydrogen) atoms. The second-order valence-corrected chi connectivity index (χ2v) is 9.22. The first-order chi connectivity index (χ1) is 14.6. The summed E-state index contributed by atoms with van der Waals surface area (Å²) in [6.07, 6.45) is 1.72. The Balaban J connectivity index is 1.31. The lowest BCUT2D eigenvalue weighted by atomic mass is 10.3. The molecular formula is C21H13BrN4O2S2. The lowest BCUT2D eigenvalue weighted by molar-refractivity contribution is -0.115. The normalized spacial score (nSPS) is 16.6. The fourth-order valence-corrected chi connectivity index (χ4v) is 4.64. The van der Waals surface area contributed by atoms with E-state index < -0.39 is 0 Å². The average Bonchev–Trinajstić information content (AvgIpc) is 3.43. The Kier molecular flexibility index (Phi) is 5.24. The van der Waals surface area contributed by atoms with Crippen LogP contribution in [0.1, 0.15) is 5.76 Å². The van der Waals surface area contributed by atoms with Gasteiger partial charge in [0.1, 0.15) is 5.76 Å². The van der Waals surface area contributed by atoms with E-state index in [1.165, 1.54) is 23.5 Å². The third-order valence-corrected chi connectivity index (χ3v) is 6.39. The van der Waals surface area contributed by atoms with Crippen molar-refractivity contribution in [3.8, 4) is 0 Å². The number of imidazole rings is 1. The Hall–Kier alpha value is -2.75. The predicted molar refractivity (Wildman–Crippen MR) is 124 cm³/mol. The molecule has 0 spiro atoms. The van der Waals surface area contributed by atoms with Crippen molar-refractivity contribution in [3.05, 3.63) is 75.8 Å². The number of nitrogens with one attached hydrogen (secondary N) is 2. The summed E-state index contributed by atoms with van der Waals surface area (Å²) in [5.74, 6) is 0.398. The maximum Gasteiger partial charge on any atom is 0.264 e. The van der Waals surface area contributed by atoms with Gasteiger partial charge in [0.2, 0.25) is 0 Å². The van der Waals surface area contributed by atoms with E-state index in [0.29, 0.717) is 20.9 Å². The number of fused-ring (bicyclic) bond motifs is 1. The molecule has 1 aliphatic rings. The quantitative estimate of drug-likeness (QED) is 0.340. The van der Waals surface area contributed by atoms with E-state index in [0.717, 1.165) is 26.3 Å². The van der Waals surface area contributed by atoms with Gasteiger partial charge in [0.25, 0.3) is 5.91 Å². The van der Waals surface area contributed by atoms with Crippen LogP contribution in [0, 0.1) is 0 Å². The monoisotopic (exact) mass is 496 g/mol. The number of aliphatic imine (C=N–C) groups is 1. The molecule has 0 saturated carbocycles. The number of amidine groups is 1. The van der Waals surface area contributed by atoms with Crippen LogP contribution in [-0.2, 0) is 4.79 Å². The standard InChI is InChI=1S/C21H13BrN4O2S2/c22-12-5-7-13(8-6-12)23-20-26-19(27)17(29-20)11-14-9-10-18(28-14)30-21-24-15-3-1-2-4-16(15)25-21/h1-11H,(H,24,25)(H,23,26,27). The van der Waals surface area contributed by atoms with Crippen LogP contribution in [0.4, 0.5) is 5.69 Å². The highest BCUT2D eigenvalue weighted by Gasteiger charge is 2.24. The molecule has 0 radical (unpaired) electrons. The van der Waals surface area contributed by atoms with Crippen molar-refractivity contribution in [2.45, 2.75) is 10.2 Å². The highest BCUT2D eigenvalue weighted by atomic mass is 79.9. The Bertz CT molecular complexity index is 1280. The number of furan rings is 1. The summed E-state index contributed by atoms with van der Waals surface area (Å²) in [6.45, 7) is 0. The van der Waals surface area contributed by atoms with Crippen LogP contribution < -0.4 is 5.32 Å². The first-order valence-electron chi connectivity index (χ1n) is 8.90. The van der Waals surface area contributed by atoms with E-state index in [1.54, 1.807) is 6.08 Å². The summed E-state index contributed by atoms with van der Waals surface area (Å²) in [6, 6.07) is 19.1. The van der Waals surface area contributed by atoms with E-state index in [4.69, 9.17) is 4.42 Å². The largest absolute Gasteiger partial charge is 0.450 e. The van der Waals surface area contributed by atoms with Crippen LogP contribution in [0.25, 0.3) is 17.1 Å². The Morgan fingerprint density at radius 1 is 1.10 bits per heavy atom. The van der Waals surface area contributed by atoms with Crippen molar-refractivity contribution < 1.29 is 9.21 Å². The maximum absolute atomic E-state index is 12.3. The van der Waals surface area contributed by atoms with E-state index >= 15 is 0 Å². The first kappa shape index (κ1) is 19.2. The van der Waals surface area contributed by atoms with Gasteiger partial charge < -0.3 is 14.7 Å². The molecule has 148 valence electrons. The summed E-state index contributed by atoms with van der Waals surface area (Å²) in [7, 11) is 0. The summed E-state index contributed by atoms with van der Waals surface area (Å²) in [4.78, 5) is 25.1. The molecule has 4 aromatic rings. The Labute approximate surface area is 188 Å². The fourth-order valence-electron chi connectivity index (χ4n) is 2.78. The van der Waals surface area contributed by atoms with E-state index in [2.05, 4.69) is 36.2 Å². The van der Waals surface area contributed by atoms with Crippen LogP contribution in [-0.4, -0.2) is 21.0 Å². The van der Waals surface area contributed by atoms with Crippen LogP contribution in [0.2, 0.25) is 0 Å². The first-order valence-corrected chi connectivity index (χ1v) is 11.3. The zero-order chi connectivity index (χ0) is 20.5. The number of amides is 1. The molecule has 2 aromatic carbocycles. The van der Waals surface area contributed by atoms with Gasteiger partial charge in [-0.1, -0.05) is 28.1 Å². The van der Waals surface area contributed by atoms with Crippen molar-refractivity contribution in [2.75, 3.05) is 0 Å². The third-order valence-electron chi connectivity index (χ3n) is 4.15. The lowest BCUT2D eigenvalue weighted by Gasteiger charge is -1.96. The topological polar surface area (TPSA) is 83.3 Å². The van der Waals surface area contributed by atoms with E-state index in [-0.39, 0.29) is 5.91 Å². The molecule has 1 amide bonds. The number of benzene rings is 2. The van der Waals surface area contributed by atoms with Crippen molar-refractivity contribution in [3.63, 3.8) is 0 Å². The summed E-state index contributed by atoms with van der Waals surface area (Å²) < 4.78 is 6.82. The molecule has 2 N–H and O–H groups in total. The number of hydrogen-bond donors (Lipinski definition) is 2. The minimum Gasteiger partial charge on any atom is -0.450 e. The van der Waals surface area contributed by atoms with Crippen LogP contribution in [0.5, 0.6) is 0 Å². The molecule has 5 rings (SSSR count). The Morgan fingerprint density at radius 3 is 2.77 bits per heavy atom. The van der Waals surface area contributed by atoms with Crippen molar-refractivity contribution in [2.24, 2.45) is 4.99 Å². The molecule has 1 aliphatic heterocycles. The number of H-pyrrole nitrogens is 1. The fraction of sp³-hybridized carbons (Fsp3) is 0. The minimum absolute atomic E-state index is 0.196. The van der Waals surface area contributed by atoms with Crippen LogP contribution >= 0.6 is 39.5 Å². The highest BCUT2D eigenvalue weighted by Crippen LogP contribution is 2.32. The van der Waals surface area contributed by atoms with Gasteiger partial charge >= 0.3 is 0 Å². The molecule has 1 fully saturated rings. The third kappa shape index (κ3) is 4.23. The zero-order valence-corrected chi connectivity index (χ0v) is 18.5. The number of hydrogen-bond acceptors (Lipinski definition) is 6. The van der Waals surface area contributed by atoms with Crippen LogP contribution in [0.3, 0.4) is 0 Å². The van der Waals surface area contributed by atoms with E-state index in [9.17, 15) is 4.79 Å². The molecule has 9 heteroatoms. The predicted octanol–water partition coefficient (Wildman–Crippen LogP) is 5.96. The zero-order valence-electron chi connectivity index (χ0n) is 15.3. The second kappa shape index (κ2) is 8.17. The molecular weight excluding hydrogens is 484 g/mol. The van der Waals surface area contributed by atoms with Gasteiger partial charge in [0.15, 0.2) is 15.4 Å². The number of aromatic amines is 1. The van der Waals surface area contributed by atoms with Gasteiger partial charge in [0.05, 0.1) is 21.6 Å². The SMILES string of the molecule is O=C1NC(=Nc2ccc(Br)cc2)SC1=Cc1ccc(Sc2nc3ccccc3[nH]2)o1. The van der Waals surface area contributed by atoms with Crippen molar-refractivity contribution in [1.29, 1.82) is 0 Å². The number of thioether (sulfide) groups is 1. The van der Waals surface area contributed by atoms with Gasteiger partial charge in [-0.15, -0.1) is 0 Å². The molecule has 6 nitrogen and oxygen atoms in total. The molecule has 0 unspecified atom stereocenters. The maximum atomic E-state index is 12.3. The summed E-state index contributed by atoms with van der Waals surface area (Å²) in [5.41, 5.74) is 2.65. The van der Waals surface area contributed by atoms with Gasteiger partial charge in [0, 0.05) is 10.5 Å². The van der Waals surface area contributed by atoms with Crippen molar-refractivity contribution >= 4 is 73.3 Å². The average molecular weight is 497 g/mol. The lowest BCUT2D eigenvalue weighted by Crippen LogP contribution is -2.19. The summed E-state index contributed by atoms with van der Waals surface area (Å²) in [5, 5.41) is 4.76. The van der Waals surface area contributed by atoms with Crippen LogP contribution in [0.15, 0.2) is 89.7 Å². The number of carbonyl (C=O) groups is 1.